The van der Waals surface area contributed by atoms with Gasteiger partial charge in [-0.25, -0.2) is 0 Å². The molecule has 17 heavy (non-hydrogen) atoms. The molecule has 0 aliphatic carbocycles. The number of rotatable bonds is 4. The number of alkyl halides is 3. The van der Waals surface area contributed by atoms with Crippen molar-refractivity contribution in [2.45, 2.75) is 19.0 Å². The largest absolute Gasteiger partial charge is 0.417 e. The Kier molecular flexibility index (Phi) is 4.83. The smallest absolute Gasteiger partial charge is 0.309 e. The lowest BCUT2D eigenvalue weighted by molar-refractivity contribution is -0.137. The van der Waals surface area contributed by atoms with Gasteiger partial charge >= 0.3 is 6.18 Å². The van der Waals surface area contributed by atoms with Crippen molar-refractivity contribution in [1.29, 1.82) is 0 Å². The van der Waals surface area contributed by atoms with Crippen LogP contribution in [0.1, 0.15) is 17.5 Å². The minimum atomic E-state index is -4.38. The molecule has 0 radical (unpaired) electrons. The molecular weight excluding hydrogens is 251 g/mol. The Balaban J connectivity index is 2.81. The number of aryl methyl sites for hydroxylation is 1. The monoisotopic (exact) mass is 265 g/mol. The highest BCUT2D eigenvalue weighted by Gasteiger charge is 2.33. The number of benzene rings is 1. The van der Waals surface area contributed by atoms with E-state index in [2.05, 4.69) is 0 Å². The topological polar surface area (TPSA) is 3.24 Å². The first-order valence-corrected chi connectivity index (χ1v) is 5.69. The Morgan fingerprint density at radius 2 is 1.88 bits per heavy atom. The SMILES string of the molecule is CN(C)CCCc1cccc(C(F)(F)F)c1Cl. The van der Waals surface area contributed by atoms with E-state index in [1.807, 2.05) is 19.0 Å². The van der Waals surface area contributed by atoms with Gasteiger partial charge in [-0.3, -0.25) is 0 Å². The van der Waals surface area contributed by atoms with E-state index in [1.54, 1.807) is 6.07 Å². The summed E-state index contributed by atoms with van der Waals surface area (Å²) in [5.41, 5.74) is -0.190. The molecule has 0 atom stereocenters. The van der Waals surface area contributed by atoms with Gasteiger partial charge < -0.3 is 4.90 Å². The van der Waals surface area contributed by atoms with Gasteiger partial charge in [0.2, 0.25) is 0 Å². The summed E-state index contributed by atoms with van der Waals surface area (Å²) in [6.07, 6.45) is -3.04. The summed E-state index contributed by atoms with van der Waals surface area (Å²) in [5.74, 6) is 0. The van der Waals surface area contributed by atoms with E-state index >= 15 is 0 Å². The van der Waals surface area contributed by atoms with Crippen LogP contribution >= 0.6 is 11.6 Å². The maximum atomic E-state index is 12.6. The van der Waals surface area contributed by atoms with Crippen molar-refractivity contribution >= 4 is 11.6 Å². The maximum absolute atomic E-state index is 12.6. The van der Waals surface area contributed by atoms with Crippen LogP contribution in [0.25, 0.3) is 0 Å². The van der Waals surface area contributed by atoms with E-state index in [0.717, 1.165) is 19.0 Å². The highest BCUT2D eigenvalue weighted by molar-refractivity contribution is 6.32. The Hall–Kier alpha value is -0.740. The summed E-state index contributed by atoms with van der Waals surface area (Å²) >= 11 is 5.78. The average Bonchev–Trinajstić information content (AvgIpc) is 2.18. The minimum absolute atomic E-state index is 0.168. The highest BCUT2D eigenvalue weighted by atomic mass is 35.5. The van der Waals surface area contributed by atoms with E-state index in [4.69, 9.17) is 11.6 Å². The highest BCUT2D eigenvalue weighted by Crippen LogP contribution is 2.36. The third-order valence-electron chi connectivity index (χ3n) is 2.44. The van der Waals surface area contributed by atoms with Crippen LogP contribution in [0.2, 0.25) is 5.02 Å². The van der Waals surface area contributed by atoms with Crippen molar-refractivity contribution in [2.24, 2.45) is 0 Å². The Bertz CT molecular complexity index is 375. The van der Waals surface area contributed by atoms with Crippen LogP contribution in [0, 0.1) is 0 Å². The van der Waals surface area contributed by atoms with Gasteiger partial charge in [-0.05, 0) is 45.1 Å². The molecule has 0 amide bonds. The molecule has 0 aromatic heterocycles. The lowest BCUT2D eigenvalue weighted by atomic mass is 10.1. The first-order chi connectivity index (χ1) is 7.82. The molecule has 0 bridgehead atoms. The van der Waals surface area contributed by atoms with E-state index in [9.17, 15) is 13.2 Å². The van der Waals surface area contributed by atoms with E-state index in [1.165, 1.54) is 6.07 Å². The van der Waals surface area contributed by atoms with Crippen LogP contribution in [0.15, 0.2) is 18.2 Å². The first kappa shape index (κ1) is 14.3. The van der Waals surface area contributed by atoms with Crippen molar-refractivity contribution < 1.29 is 13.2 Å². The Labute approximate surface area is 104 Å². The van der Waals surface area contributed by atoms with Gasteiger partial charge in [-0.15, -0.1) is 0 Å². The van der Waals surface area contributed by atoms with Gasteiger partial charge in [-0.1, -0.05) is 23.7 Å². The molecule has 0 saturated carbocycles. The molecule has 0 unspecified atom stereocenters. The van der Waals surface area contributed by atoms with E-state index < -0.39 is 11.7 Å². The lowest BCUT2D eigenvalue weighted by Crippen LogP contribution is -2.14. The molecule has 96 valence electrons. The second-order valence-electron chi connectivity index (χ2n) is 4.18. The summed E-state index contributed by atoms with van der Waals surface area (Å²) < 4.78 is 37.8. The zero-order chi connectivity index (χ0) is 13.1. The fourth-order valence-electron chi connectivity index (χ4n) is 1.58. The quantitative estimate of drug-likeness (QED) is 0.799. The Morgan fingerprint density at radius 3 is 2.41 bits per heavy atom. The molecule has 5 heteroatoms. The second kappa shape index (κ2) is 5.74. The molecule has 0 fully saturated rings. The van der Waals surface area contributed by atoms with E-state index in [0.29, 0.717) is 12.0 Å². The van der Waals surface area contributed by atoms with Gasteiger partial charge in [0.1, 0.15) is 0 Å². The molecule has 0 spiro atoms. The molecule has 0 aliphatic heterocycles. The zero-order valence-corrected chi connectivity index (χ0v) is 10.6. The molecule has 0 saturated heterocycles. The normalized spacial score (nSPS) is 12.2. The van der Waals surface area contributed by atoms with Crippen LogP contribution in [0.5, 0.6) is 0 Å². The zero-order valence-electron chi connectivity index (χ0n) is 9.81. The van der Waals surface area contributed by atoms with Crippen molar-refractivity contribution in [3.8, 4) is 0 Å². The molecular formula is C12H15ClF3N. The van der Waals surface area contributed by atoms with Crippen LogP contribution < -0.4 is 0 Å². The minimum Gasteiger partial charge on any atom is -0.309 e. The third-order valence-corrected chi connectivity index (χ3v) is 2.88. The average molecular weight is 266 g/mol. The van der Waals surface area contributed by atoms with Crippen LogP contribution in [0.4, 0.5) is 13.2 Å². The Morgan fingerprint density at radius 1 is 1.24 bits per heavy atom. The maximum Gasteiger partial charge on any atom is 0.417 e. The van der Waals surface area contributed by atoms with E-state index in [-0.39, 0.29) is 5.02 Å². The number of nitrogens with zero attached hydrogens (tertiary/aromatic N) is 1. The summed E-state index contributed by atoms with van der Waals surface area (Å²) in [6, 6.07) is 4.06. The first-order valence-electron chi connectivity index (χ1n) is 5.31. The van der Waals surface area contributed by atoms with Gasteiger partial charge in [0.25, 0.3) is 0 Å². The van der Waals surface area contributed by atoms with Crippen LogP contribution in [0.3, 0.4) is 0 Å². The number of hydrogen-bond acceptors (Lipinski definition) is 1. The van der Waals surface area contributed by atoms with Crippen molar-refractivity contribution in [3.05, 3.63) is 34.3 Å². The van der Waals surface area contributed by atoms with Gasteiger partial charge in [0.15, 0.2) is 0 Å². The second-order valence-corrected chi connectivity index (χ2v) is 4.56. The molecule has 0 aliphatic rings. The molecule has 1 aromatic carbocycles. The molecule has 1 nitrogen and oxygen atoms in total. The lowest BCUT2D eigenvalue weighted by Gasteiger charge is -2.13. The summed E-state index contributed by atoms with van der Waals surface area (Å²) in [7, 11) is 3.85. The number of halogens is 4. The van der Waals surface area contributed by atoms with Crippen LogP contribution in [-0.2, 0) is 12.6 Å². The number of hydrogen-bond donors (Lipinski definition) is 0. The van der Waals surface area contributed by atoms with Crippen molar-refractivity contribution in [3.63, 3.8) is 0 Å². The summed E-state index contributed by atoms with van der Waals surface area (Å²) in [6.45, 7) is 0.826. The van der Waals surface area contributed by atoms with Gasteiger partial charge in [0, 0.05) is 0 Å². The van der Waals surface area contributed by atoms with Gasteiger partial charge in [0.05, 0.1) is 10.6 Å². The fourth-order valence-corrected chi connectivity index (χ4v) is 1.91. The summed E-state index contributed by atoms with van der Waals surface area (Å²) in [5, 5.41) is -0.168. The van der Waals surface area contributed by atoms with Gasteiger partial charge in [-0.2, -0.15) is 13.2 Å². The standard InChI is InChI=1S/C12H15ClF3N/c1-17(2)8-4-6-9-5-3-7-10(11(9)13)12(14,15)16/h3,5,7H,4,6,8H2,1-2H3. The summed E-state index contributed by atoms with van der Waals surface area (Å²) in [4.78, 5) is 1.99. The predicted octanol–water partition coefficient (Wildman–Crippen LogP) is 3.85. The molecule has 0 heterocycles. The van der Waals surface area contributed by atoms with Crippen molar-refractivity contribution in [2.75, 3.05) is 20.6 Å². The molecule has 0 N–H and O–H groups in total. The predicted molar refractivity (Wildman–Crippen MR) is 63.3 cm³/mol. The van der Waals surface area contributed by atoms with Crippen molar-refractivity contribution in [1.82, 2.24) is 4.90 Å². The van der Waals surface area contributed by atoms with Crippen LogP contribution in [-0.4, -0.2) is 25.5 Å². The third kappa shape index (κ3) is 4.21. The molecule has 1 aromatic rings. The molecule has 1 rings (SSSR count). The fraction of sp³-hybridized carbons (Fsp3) is 0.500.